The van der Waals surface area contributed by atoms with E-state index in [1.807, 2.05) is 6.07 Å². The third kappa shape index (κ3) is 9.09. The molecule has 1 atom stereocenters. The summed E-state index contributed by atoms with van der Waals surface area (Å²) in [6, 6.07) is 6.17. The largest absolute Gasteiger partial charge is 0.495 e. The van der Waals surface area contributed by atoms with Gasteiger partial charge in [0.15, 0.2) is 6.79 Å². The summed E-state index contributed by atoms with van der Waals surface area (Å²) >= 11 is 0. The fourth-order valence-corrected chi connectivity index (χ4v) is 4.75. The summed E-state index contributed by atoms with van der Waals surface area (Å²) in [7, 11) is -0.346. The van der Waals surface area contributed by atoms with E-state index >= 15 is 0 Å². The van der Waals surface area contributed by atoms with E-state index < -0.39 is 0 Å². The van der Waals surface area contributed by atoms with Gasteiger partial charge in [-0.2, -0.15) is 0 Å². The topological polar surface area (TPSA) is 36.9 Å². The molecule has 35 heavy (non-hydrogen) atoms. The van der Waals surface area contributed by atoms with Crippen molar-refractivity contribution in [2.45, 2.75) is 131 Å². The predicted molar refractivity (Wildman–Crippen MR) is 149 cm³/mol. The van der Waals surface area contributed by atoms with Gasteiger partial charge in [0.05, 0.1) is 17.8 Å². The Morgan fingerprint density at radius 1 is 0.886 bits per heavy atom. The Balaban J connectivity index is 1.80. The number of hydrogen-bond acceptors (Lipinski definition) is 4. The Kier molecular flexibility index (Phi) is 11.6. The quantitative estimate of drug-likeness (QED) is 0.144. The molecule has 4 nitrogen and oxygen atoms in total. The average Bonchev–Trinajstić information content (AvgIpc) is 3.00. The summed E-state index contributed by atoms with van der Waals surface area (Å²) in [6.07, 6.45) is 11.4. The van der Waals surface area contributed by atoms with Crippen LogP contribution in [0.5, 0.6) is 5.75 Å². The molecule has 0 bridgehead atoms. The van der Waals surface area contributed by atoms with Gasteiger partial charge in [-0.05, 0) is 81.4 Å². The molecule has 2 rings (SSSR count). The Morgan fingerprint density at radius 2 is 1.51 bits per heavy atom. The zero-order valence-electron chi connectivity index (χ0n) is 24.3. The van der Waals surface area contributed by atoms with Gasteiger partial charge in [0.25, 0.3) is 0 Å². The molecule has 200 valence electrons. The van der Waals surface area contributed by atoms with Crippen LogP contribution in [0.1, 0.15) is 119 Å². The predicted octanol–water partition coefficient (Wildman–Crippen LogP) is 7.70. The fourth-order valence-electron chi connectivity index (χ4n) is 4.75. The van der Waals surface area contributed by atoms with Crippen LogP contribution in [0.3, 0.4) is 0 Å². The van der Waals surface area contributed by atoms with Crippen LogP contribution in [0.15, 0.2) is 18.2 Å². The van der Waals surface area contributed by atoms with Gasteiger partial charge in [-0.3, -0.25) is 0 Å². The molecule has 1 heterocycles. The van der Waals surface area contributed by atoms with Crippen LogP contribution in [0.25, 0.3) is 0 Å². The molecule has 0 saturated carbocycles. The molecule has 1 fully saturated rings. The van der Waals surface area contributed by atoms with Crippen LogP contribution in [-0.2, 0) is 20.5 Å². The van der Waals surface area contributed by atoms with E-state index in [-0.39, 0.29) is 25.1 Å². The molecule has 1 aliphatic heterocycles. The molecule has 1 aromatic carbocycles. The molecule has 1 aliphatic rings. The molecule has 0 amide bonds. The minimum absolute atomic E-state index is 0.285. The Morgan fingerprint density at radius 3 is 2.11 bits per heavy atom. The molecule has 1 aromatic rings. The lowest BCUT2D eigenvalue weighted by Crippen LogP contribution is -2.41. The lowest BCUT2D eigenvalue weighted by atomic mass is 9.75. The van der Waals surface area contributed by atoms with Crippen LogP contribution >= 0.6 is 0 Å². The van der Waals surface area contributed by atoms with Crippen LogP contribution in [-0.4, -0.2) is 31.7 Å². The number of rotatable bonds is 15. The minimum atomic E-state index is -0.346. The van der Waals surface area contributed by atoms with Crippen molar-refractivity contribution in [1.29, 1.82) is 0 Å². The number of ether oxygens (including phenoxy) is 2. The Labute approximate surface area is 217 Å². The van der Waals surface area contributed by atoms with Crippen molar-refractivity contribution >= 4 is 12.6 Å². The lowest BCUT2D eigenvalue weighted by molar-refractivity contribution is 0.00192. The van der Waals surface area contributed by atoms with E-state index in [9.17, 15) is 0 Å². The molecule has 1 unspecified atom stereocenters. The van der Waals surface area contributed by atoms with Gasteiger partial charge >= 0.3 is 7.12 Å². The van der Waals surface area contributed by atoms with E-state index in [2.05, 4.69) is 74.4 Å². The highest BCUT2D eigenvalue weighted by Gasteiger charge is 2.52. The van der Waals surface area contributed by atoms with Gasteiger partial charge in [0, 0.05) is 0 Å². The molecular weight excluding hydrogens is 435 g/mol. The summed E-state index contributed by atoms with van der Waals surface area (Å²) in [5, 5.41) is 0. The average molecular weight is 489 g/mol. The first kappa shape index (κ1) is 30.2. The third-order valence-corrected chi connectivity index (χ3v) is 8.05. The van der Waals surface area contributed by atoms with Gasteiger partial charge in [-0.25, -0.2) is 0 Å². The van der Waals surface area contributed by atoms with Crippen LogP contribution < -0.4 is 10.2 Å². The number of benzene rings is 1. The van der Waals surface area contributed by atoms with E-state index in [0.29, 0.717) is 11.3 Å². The maximum atomic E-state index is 6.26. The van der Waals surface area contributed by atoms with Crippen molar-refractivity contribution in [3.63, 3.8) is 0 Å². The molecule has 0 aromatic heterocycles. The van der Waals surface area contributed by atoms with E-state index in [0.717, 1.165) is 30.7 Å². The minimum Gasteiger partial charge on any atom is -0.468 e. The Bertz CT molecular complexity index is 737. The monoisotopic (exact) mass is 488 g/mol. The highest BCUT2D eigenvalue weighted by atomic mass is 16.7. The van der Waals surface area contributed by atoms with Crippen molar-refractivity contribution in [2.24, 2.45) is 11.3 Å². The van der Waals surface area contributed by atoms with Crippen LogP contribution in [0.2, 0.25) is 0 Å². The smallest absolute Gasteiger partial charge is 0.468 e. The second-order valence-corrected chi connectivity index (χ2v) is 12.4. The summed E-state index contributed by atoms with van der Waals surface area (Å²) in [5.41, 5.74) is 1.90. The number of aryl methyl sites for hydroxylation is 1. The second kappa shape index (κ2) is 13.5. The molecular formula is C30H53BO4. The lowest BCUT2D eigenvalue weighted by Gasteiger charge is -2.32. The third-order valence-electron chi connectivity index (χ3n) is 8.05. The Hall–Kier alpha value is -1.04. The van der Waals surface area contributed by atoms with Crippen LogP contribution in [0, 0.1) is 11.3 Å². The molecule has 5 heteroatoms. The van der Waals surface area contributed by atoms with Crippen molar-refractivity contribution < 1.29 is 18.8 Å². The zero-order chi connectivity index (χ0) is 26.1. The zero-order valence-corrected chi connectivity index (χ0v) is 24.3. The fraction of sp³-hybridized carbons (Fsp3) is 0.800. The summed E-state index contributed by atoms with van der Waals surface area (Å²) in [5.74, 6) is 1.51. The molecule has 0 radical (unpaired) electrons. The molecule has 0 aliphatic carbocycles. The van der Waals surface area contributed by atoms with Gasteiger partial charge in [0.2, 0.25) is 0 Å². The normalized spacial score (nSPS) is 18.1. The summed E-state index contributed by atoms with van der Waals surface area (Å²) < 4.78 is 24.4. The maximum absolute atomic E-state index is 6.26. The molecule has 0 N–H and O–H groups in total. The van der Waals surface area contributed by atoms with E-state index in [1.54, 1.807) is 0 Å². The van der Waals surface area contributed by atoms with Crippen molar-refractivity contribution in [3.8, 4) is 5.75 Å². The molecule has 1 saturated heterocycles. The second-order valence-electron chi connectivity index (χ2n) is 12.4. The first-order chi connectivity index (χ1) is 16.4. The SMILES string of the molecule is CCCCCCCCC(CCOCOc1ccc(B2OC(C)(C)C(C)(C)O2)c(CC)c1)C(C)(C)C. The standard InChI is InChI=1S/C30H53BO4/c1-10-12-13-14-15-16-17-25(28(3,4)5)20-21-32-23-33-26-18-19-27(24(11-2)22-26)31-34-29(6,7)30(8,9)35-31/h18-19,22,25H,10-17,20-21,23H2,1-9H3. The van der Waals surface area contributed by atoms with E-state index in [1.165, 1.54) is 50.5 Å². The van der Waals surface area contributed by atoms with Crippen molar-refractivity contribution in [2.75, 3.05) is 13.4 Å². The summed E-state index contributed by atoms with van der Waals surface area (Å²) in [6.45, 7) is 20.9. The highest BCUT2D eigenvalue weighted by molar-refractivity contribution is 6.62. The number of unbranched alkanes of at least 4 members (excludes halogenated alkanes) is 5. The van der Waals surface area contributed by atoms with Crippen molar-refractivity contribution in [3.05, 3.63) is 23.8 Å². The maximum Gasteiger partial charge on any atom is 0.495 e. The van der Waals surface area contributed by atoms with Gasteiger partial charge in [-0.1, -0.05) is 79.2 Å². The van der Waals surface area contributed by atoms with Gasteiger partial charge < -0.3 is 18.8 Å². The van der Waals surface area contributed by atoms with Crippen molar-refractivity contribution in [1.82, 2.24) is 0 Å². The first-order valence-corrected chi connectivity index (χ1v) is 14.1. The van der Waals surface area contributed by atoms with Crippen LogP contribution in [0.4, 0.5) is 0 Å². The van der Waals surface area contributed by atoms with E-state index in [4.69, 9.17) is 18.8 Å². The molecule has 0 spiro atoms. The highest BCUT2D eigenvalue weighted by Crippen LogP contribution is 2.37. The first-order valence-electron chi connectivity index (χ1n) is 14.1. The van der Waals surface area contributed by atoms with Gasteiger partial charge in [-0.15, -0.1) is 0 Å². The summed E-state index contributed by atoms with van der Waals surface area (Å²) in [4.78, 5) is 0. The van der Waals surface area contributed by atoms with Gasteiger partial charge in [0.1, 0.15) is 5.75 Å². The number of hydrogen-bond donors (Lipinski definition) is 0.